The second kappa shape index (κ2) is 6.11. The van der Waals surface area contributed by atoms with E-state index in [-0.39, 0.29) is 17.6 Å². The average molecular weight is 310 g/mol. The highest BCUT2D eigenvalue weighted by molar-refractivity contribution is 6.35. The van der Waals surface area contributed by atoms with Gasteiger partial charge in [0.05, 0.1) is 11.7 Å². The van der Waals surface area contributed by atoms with E-state index in [1.54, 1.807) is 30.3 Å². The van der Waals surface area contributed by atoms with Crippen LogP contribution in [0, 0.1) is 0 Å². The molecule has 1 amide bonds. The van der Waals surface area contributed by atoms with Crippen LogP contribution in [-0.4, -0.2) is 10.9 Å². The molecule has 4 nitrogen and oxygen atoms in total. The molecular formula is C14H13Cl2N3O. The van der Waals surface area contributed by atoms with Crippen molar-refractivity contribution in [1.82, 2.24) is 10.3 Å². The predicted molar refractivity (Wildman–Crippen MR) is 81.0 cm³/mol. The number of anilines is 1. The zero-order valence-corrected chi connectivity index (χ0v) is 12.2. The van der Waals surface area contributed by atoms with Crippen LogP contribution in [0.2, 0.25) is 10.0 Å². The number of aromatic nitrogens is 1. The Morgan fingerprint density at radius 1 is 1.35 bits per heavy atom. The molecule has 0 saturated heterocycles. The molecule has 0 spiro atoms. The molecule has 0 bridgehead atoms. The molecule has 1 heterocycles. The fraction of sp³-hybridized carbons (Fsp3) is 0.143. The lowest BCUT2D eigenvalue weighted by Crippen LogP contribution is -2.28. The summed E-state index contributed by atoms with van der Waals surface area (Å²) in [5, 5.41) is 3.85. The van der Waals surface area contributed by atoms with Crippen molar-refractivity contribution in [3.63, 3.8) is 0 Å². The van der Waals surface area contributed by atoms with Gasteiger partial charge in [-0.2, -0.15) is 0 Å². The van der Waals surface area contributed by atoms with Gasteiger partial charge in [-0.05, 0) is 36.8 Å². The van der Waals surface area contributed by atoms with E-state index >= 15 is 0 Å². The molecule has 2 rings (SSSR count). The van der Waals surface area contributed by atoms with Crippen molar-refractivity contribution in [3.8, 4) is 0 Å². The first-order valence-corrected chi connectivity index (χ1v) is 6.71. The van der Waals surface area contributed by atoms with E-state index in [4.69, 9.17) is 28.9 Å². The Morgan fingerprint density at radius 2 is 2.10 bits per heavy atom. The number of hydrogen-bond donors (Lipinski definition) is 2. The molecule has 6 heteroatoms. The van der Waals surface area contributed by atoms with Crippen LogP contribution in [0.15, 0.2) is 36.5 Å². The lowest BCUT2D eigenvalue weighted by atomic mass is 10.1. The number of nitrogens with one attached hydrogen (secondary N) is 1. The molecule has 2 aromatic rings. The SMILES string of the molecule is CC(NC(=O)c1ncccc1N)c1ccc(Cl)cc1Cl. The lowest BCUT2D eigenvalue weighted by Gasteiger charge is -2.16. The molecule has 20 heavy (non-hydrogen) atoms. The summed E-state index contributed by atoms with van der Waals surface area (Å²) in [4.78, 5) is 16.1. The van der Waals surface area contributed by atoms with Crippen LogP contribution in [0.5, 0.6) is 0 Å². The van der Waals surface area contributed by atoms with E-state index in [1.165, 1.54) is 6.20 Å². The average Bonchev–Trinajstić information content (AvgIpc) is 2.38. The van der Waals surface area contributed by atoms with Gasteiger partial charge in [-0.3, -0.25) is 4.79 Å². The first kappa shape index (κ1) is 14.6. The number of pyridine rings is 1. The quantitative estimate of drug-likeness (QED) is 0.912. The lowest BCUT2D eigenvalue weighted by molar-refractivity contribution is 0.0936. The molecule has 0 saturated carbocycles. The summed E-state index contributed by atoms with van der Waals surface area (Å²) in [6.07, 6.45) is 1.52. The molecule has 0 fully saturated rings. The topological polar surface area (TPSA) is 68.0 Å². The van der Waals surface area contributed by atoms with Crippen molar-refractivity contribution < 1.29 is 4.79 Å². The molecule has 1 unspecified atom stereocenters. The van der Waals surface area contributed by atoms with Gasteiger partial charge in [0.25, 0.3) is 5.91 Å². The van der Waals surface area contributed by atoms with Gasteiger partial charge in [-0.15, -0.1) is 0 Å². The summed E-state index contributed by atoms with van der Waals surface area (Å²) >= 11 is 12.0. The fourth-order valence-electron chi connectivity index (χ4n) is 1.80. The number of hydrogen-bond acceptors (Lipinski definition) is 3. The van der Waals surface area contributed by atoms with Crippen molar-refractivity contribution in [3.05, 3.63) is 57.8 Å². The van der Waals surface area contributed by atoms with Gasteiger partial charge in [-0.25, -0.2) is 4.98 Å². The standard InChI is InChI=1S/C14H13Cl2N3O/c1-8(10-5-4-9(15)7-11(10)16)19-14(20)13-12(17)3-2-6-18-13/h2-8H,17H2,1H3,(H,19,20). The highest BCUT2D eigenvalue weighted by Crippen LogP contribution is 2.26. The van der Waals surface area contributed by atoms with Crippen LogP contribution in [0.4, 0.5) is 5.69 Å². The van der Waals surface area contributed by atoms with E-state index in [1.807, 2.05) is 6.92 Å². The maximum atomic E-state index is 12.1. The highest BCUT2D eigenvalue weighted by Gasteiger charge is 2.16. The Kier molecular flexibility index (Phi) is 4.47. The molecule has 3 N–H and O–H groups in total. The minimum absolute atomic E-state index is 0.199. The Balaban J connectivity index is 2.17. The Hall–Kier alpha value is -1.78. The van der Waals surface area contributed by atoms with Gasteiger partial charge in [0.2, 0.25) is 0 Å². The summed E-state index contributed by atoms with van der Waals surface area (Å²) in [5.41, 5.74) is 7.03. The number of rotatable bonds is 3. The third kappa shape index (κ3) is 3.21. The number of carbonyl (C=O) groups is 1. The number of nitrogens with two attached hydrogens (primary N) is 1. The summed E-state index contributed by atoms with van der Waals surface area (Å²) in [6.45, 7) is 1.83. The second-order valence-electron chi connectivity index (χ2n) is 4.30. The first-order valence-electron chi connectivity index (χ1n) is 5.95. The molecule has 1 aromatic carbocycles. The molecule has 1 atom stereocenters. The van der Waals surface area contributed by atoms with Gasteiger partial charge in [-0.1, -0.05) is 29.3 Å². The monoisotopic (exact) mass is 309 g/mol. The molecular weight excluding hydrogens is 297 g/mol. The molecule has 0 aliphatic rings. The number of carbonyl (C=O) groups excluding carboxylic acids is 1. The molecule has 0 aliphatic carbocycles. The number of nitrogens with zero attached hydrogens (tertiary/aromatic N) is 1. The van der Waals surface area contributed by atoms with Gasteiger partial charge in [0, 0.05) is 16.2 Å². The number of amides is 1. The maximum Gasteiger partial charge on any atom is 0.272 e. The Morgan fingerprint density at radius 3 is 2.75 bits per heavy atom. The van der Waals surface area contributed by atoms with E-state index in [2.05, 4.69) is 10.3 Å². The van der Waals surface area contributed by atoms with E-state index in [9.17, 15) is 4.79 Å². The van der Waals surface area contributed by atoms with Crippen molar-refractivity contribution in [2.24, 2.45) is 0 Å². The predicted octanol–water partition coefficient (Wildman–Crippen LogP) is 3.46. The van der Waals surface area contributed by atoms with Gasteiger partial charge in [0.1, 0.15) is 0 Å². The number of nitrogen functional groups attached to an aromatic ring is 1. The third-order valence-electron chi connectivity index (χ3n) is 2.83. The first-order chi connectivity index (χ1) is 9.49. The summed E-state index contributed by atoms with van der Waals surface area (Å²) < 4.78 is 0. The normalized spacial score (nSPS) is 11.9. The van der Waals surface area contributed by atoms with Crippen LogP contribution in [0.1, 0.15) is 29.0 Å². The summed E-state index contributed by atoms with van der Waals surface area (Å²) in [5.74, 6) is -0.346. The molecule has 0 aliphatic heterocycles. The van der Waals surface area contributed by atoms with Crippen molar-refractivity contribution in [2.45, 2.75) is 13.0 Å². The van der Waals surface area contributed by atoms with Crippen LogP contribution < -0.4 is 11.1 Å². The van der Waals surface area contributed by atoms with Gasteiger partial charge >= 0.3 is 0 Å². The zero-order valence-electron chi connectivity index (χ0n) is 10.7. The molecule has 1 aromatic heterocycles. The maximum absolute atomic E-state index is 12.1. The Labute approximate surface area is 126 Å². The van der Waals surface area contributed by atoms with Crippen LogP contribution in [-0.2, 0) is 0 Å². The van der Waals surface area contributed by atoms with E-state index < -0.39 is 0 Å². The van der Waals surface area contributed by atoms with Gasteiger partial charge in [0.15, 0.2) is 5.69 Å². The van der Waals surface area contributed by atoms with Crippen LogP contribution in [0.3, 0.4) is 0 Å². The van der Waals surface area contributed by atoms with Crippen LogP contribution >= 0.6 is 23.2 Å². The Bertz CT molecular complexity index is 646. The zero-order chi connectivity index (χ0) is 14.7. The molecule has 104 valence electrons. The third-order valence-corrected chi connectivity index (χ3v) is 3.39. The molecule has 0 radical (unpaired) electrons. The van der Waals surface area contributed by atoms with Crippen molar-refractivity contribution >= 4 is 34.8 Å². The minimum Gasteiger partial charge on any atom is -0.397 e. The second-order valence-corrected chi connectivity index (χ2v) is 5.15. The number of benzene rings is 1. The largest absolute Gasteiger partial charge is 0.397 e. The van der Waals surface area contributed by atoms with Gasteiger partial charge < -0.3 is 11.1 Å². The van der Waals surface area contributed by atoms with Crippen molar-refractivity contribution in [2.75, 3.05) is 5.73 Å². The van der Waals surface area contributed by atoms with Crippen molar-refractivity contribution in [1.29, 1.82) is 0 Å². The highest BCUT2D eigenvalue weighted by atomic mass is 35.5. The smallest absolute Gasteiger partial charge is 0.272 e. The number of halogens is 2. The minimum atomic E-state index is -0.346. The van der Waals surface area contributed by atoms with E-state index in [0.717, 1.165) is 5.56 Å². The summed E-state index contributed by atoms with van der Waals surface area (Å²) in [7, 11) is 0. The summed E-state index contributed by atoms with van der Waals surface area (Å²) in [6, 6.07) is 8.15. The van der Waals surface area contributed by atoms with E-state index in [0.29, 0.717) is 15.7 Å². The van der Waals surface area contributed by atoms with Crippen LogP contribution in [0.25, 0.3) is 0 Å². The fourth-order valence-corrected chi connectivity index (χ4v) is 2.38.